The van der Waals surface area contributed by atoms with E-state index >= 15 is 0 Å². The Morgan fingerprint density at radius 3 is 2.16 bits per heavy atom. The Balaban J connectivity index is 2.02. The van der Waals surface area contributed by atoms with Gasteiger partial charge in [0, 0.05) is 23.4 Å². The number of rotatable bonds is 9. The van der Waals surface area contributed by atoms with Gasteiger partial charge >= 0.3 is 0 Å². The van der Waals surface area contributed by atoms with E-state index in [1.54, 1.807) is 31.2 Å². The molecule has 0 saturated heterocycles. The third-order valence-electron chi connectivity index (χ3n) is 4.16. The van der Waals surface area contributed by atoms with E-state index < -0.39 is 5.91 Å². The summed E-state index contributed by atoms with van der Waals surface area (Å²) in [5, 5.41) is 7.05. The molecule has 0 radical (unpaired) electrons. The van der Waals surface area contributed by atoms with Crippen molar-refractivity contribution in [3.8, 4) is 23.0 Å². The first kappa shape index (κ1) is 23.8. The first-order chi connectivity index (χ1) is 14.8. The monoisotopic (exact) mass is 449 g/mol. The third kappa shape index (κ3) is 6.26. The molecule has 0 bridgehead atoms. The molecular weight excluding hydrogens is 426 g/mol. The van der Waals surface area contributed by atoms with Crippen molar-refractivity contribution in [3.63, 3.8) is 0 Å². The summed E-state index contributed by atoms with van der Waals surface area (Å²) in [6.45, 7) is 1.62. The van der Waals surface area contributed by atoms with Crippen LogP contribution in [0.15, 0.2) is 35.4 Å². The smallest absolute Gasteiger partial charge is 0.271 e. The predicted octanol–water partition coefficient (Wildman–Crippen LogP) is 3.51. The maximum atomic E-state index is 12.4. The number of carbonyl (C=O) groups excluding carboxylic acids is 2. The number of halogens is 1. The standard InChI is InChI=1S/C21H24ClN3O6/c1-12(24-25-21(27)13-6-7-16(28-2)19(9-13)31-5)8-20(26)23-15-11-17(29-3)14(22)10-18(15)30-4/h6-7,9-11H,8H2,1-5H3,(H,23,26)(H,25,27)/b24-12-. The zero-order chi connectivity index (χ0) is 23.0. The number of carbonyl (C=O) groups is 2. The molecule has 2 aromatic rings. The molecule has 0 heterocycles. The van der Waals surface area contributed by atoms with Crippen molar-refractivity contribution in [2.24, 2.45) is 5.10 Å². The third-order valence-corrected chi connectivity index (χ3v) is 4.45. The fourth-order valence-corrected chi connectivity index (χ4v) is 2.84. The minimum atomic E-state index is -0.454. The second kappa shape index (κ2) is 11.1. The highest BCUT2D eigenvalue weighted by Crippen LogP contribution is 2.35. The van der Waals surface area contributed by atoms with E-state index in [4.69, 9.17) is 30.5 Å². The maximum absolute atomic E-state index is 12.4. The van der Waals surface area contributed by atoms with Gasteiger partial charge in [0.25, 0.3) is 5.91 Å². The van der Waals surface area contributed by atoms with Crippen molar-refractivity contribution >= 4 is 34.8 Å². The van der Waals surface area contributed by atoms with Crippen LogP contribution in [0.4, 0.5) is 5.69 Å². The predicted molar refractivity (Wildman–Crippen MR) is 118 cm³/mol. The van der Waals surface area contributed by atoms with Gasteiger partial charge in [-0.05, 0) is 25.1 Å². The van der Waals surface area contributed by atoms with Gasteiger partial charge < -0.3 is 24.3 Å². The Kier molecular flexibility index (Phi) is 8.51. The van der Waals surface area contributed by atoms with E-state index in [-0.39, 0.29) is 12.3 Å². The van der Waals surface area contributed by atoms with Gasteiger partial charge in [-0.2, -0.15) is 5.10 Å². The van der Waals surface area contributed by atoms with E-state index in [1.165, 1.54) is 34.5 Å². The first-order valence-corrected chi connectivity index (χ1v) is 9.47. The molecular formula is C21H24ClN3O6. The molecule has 2 rings (SSSR count). The van der Waals surface area contributed by atoms with Crippen molar-refractivity contribution in [3.05, 3.63) is 40.9 Å². The minimum Gasteiger partial charge on any atom is -0.495 e. The van der Waals surface area contributed by atoms with Crippen LogP contribution in [0.2, 0.25) is 5.02 Å². The molecule has 0 atom stereocenters. The van der Waals surface area contributed by atoms with E-state index in [0.717, 1.165) is 0 Å². The van der Waals surface area contributed by atoms with Crippen LogP contribution in [-0.4, -0.2) is 46.0 Å². The fourth-order valence-electron chi connectivity index (χ4n) is 2.61. The number of amides is 2. The normalized spacial score (nSPS) is 10.8. The summed E-state index contributed by atoms with van der Waals surface area (Å²) >= 11 is 6.07. The van der Waals surface area contributed by atoms with Crippen LogP contribution in [0.3, 0.4) is 0 Å². The molecule has 0 aliphatic carbocycles. The Bertz CT molecular complexity index is 993. The van der Waals surface area contributed by atoms with Gasteiger partial charge in [0.05, 0.1) is 45.6 Å². The van der Waals surface area contributed by atoms with Crippen molar-refractivity contribution in [1.29, 1.82) is 0 Å². The molecule has 2 aromatic carbocycles. The number of nitrogens with one attached hydrogen (secondary N) is 2. The zero-order valence-electron chi connectivity index (χ0n) is 17.9. The van der Waals surface area contributed by atoms with E-state index in [2.05, 4.69) is 15.8 Å². The Hall–Kier alpha value is -3.46. The molecule has 0 unspecified atom stereocenters. The average Bonchev–Trinajstić information content (AvgIpc) is 2.77. The highest BCUT2D eigenvalue weighted by molar-refractivity contribution is 6.32. The first-order valence-electron chi connectivity index (χ1n) is 9.09. The summed E-state index contributed by atoms with van der Waals surface area (Å²) in [7, 11) is 5.92. The van der Waals surface area contributed by atoms with Gasteiger partial charge in [-0.15, -0.1) is 0 Å². The fraction of sp³-hybridized carbons (Fsp3) is 0.286. The summed E-state index contributed by atoms with van der Waals surface area (Å²) in [5.74, 6) is 0.891. The maximum Gasteiger partial charge on any atom is 0.271 e. The molecule has 0 fully saturated rings. The lowest BCUT2D eigenvalue weighted by Crippen LogP contribution is -2.21. The Labute approximate surface area is 185 Å². The van der Waals surface area contributed by atoms with Gasteiger partial charge in [-0.25, -0.2) is 5.43 Å². The molecule has 31 heavy (non-hydrogen) atoms. The van der Waals surface area contributed by atoms with Crippen molar-refractivity contribution < 1.29 is 28.5 Å². The number of hydrazone groups is 1. The molecule has 166 valence electrons. The largest absolute Gasteiger partial charge is 0.495 e. The minimum absolute atomic E-state index is 0.0552. The lowest BCUT2D eigenvalue weighted by molar-refractivity contribution is -0.115. The number of anilines is 1. The highest BCUT2D eigenvalue weighted by atomic mass is 35.5. The summed E-state index contributed by atoms with van der Waals surface area (Å²) < 4.78 is 20.7. The van der Waals surface area contributed by atoms with Crippen LogP contribution in [0, 0.1) is 0 Å². The van der Waals surface area contributed by atoms with E-state index in [0.29, 0.717) is 45.0 Å². The van der Waals surface area contributed by atoms with Crippen molar-refractivity contribution in [2.75, 3.05) is 33.8 Å². The number of benzene rings is 2. The molecule has 10 heteroatoms. The Morgan fingerprint density at radius 1 is 0.903 bits per heavy atom. The van der Waals surface area contributed by atoms with Crippen LogP contribution in [0.5, 0.6) is 23.0 Å². The SMILES string of the molecule is COc1cc(NC(=O)C/C(C)=N\NC(=O)c2ccc(OC)c(OC)c2)c(OC)cc1Cl. The van der Waals surface area contributed by atoms with Crippen LogP contribution < -0.4 is 29.7 Å². The lowest BCUT2D eigenvalue weighted by atomic mass is 10.2. The summed E-state index contributed by atoms with van der Waals surface area (Å²) in [6.07, 6.45) is -0.0552. The number of hydrogen-bond donors (Lipinski definition) is 2. The quantitative estimate of drug-likeness (QED) is 0.448. The van der Waals surface area contributed by atoms with Crippen molar-refractivity contribution in [2.45, 2.75) is 13.3 Å². The molecule has 9 nitrogen and oxygen atoms in total. The molecule has 0 spiro atoms. The lowest BCUT2D eigenvalue weighted by Gasteiger charge is -2.13. The van der Waals surface area contributed by atoms with Gasteiger partial charge in [0.2, 0.25) is 5.91 Å². The van der Waals surface area contributed by atoms with Crippen LogP contribution in [0.1, 0.15) is 23.7 Å². The van der Waals surface area contributed by atoms with Gasteiger partial charge in [0.15, 0.2) is 11.5 Å². The van der Waals surface area contributed by atoms with Gasteiger partial charge in [-0.1, -0.05) is 11.6 Å². The van der Waals surface area contributed by atoms with Crippen LogP contribution in [0.25, 0.3) is 0 Å². The number of ether oxygens (including phenoxy) is 4. The molecule has 0 aliphatic rings. The molecule has 2 amide bonds. The molecule has 0 saturated carbocycles. The van der Waals surface area contributed by atoms with Crippen molar-refractivity contribution in [1.82, 2.24) is 5.43 Å². The molecule has 2 N–H and O–H groups in total. The topological polar surface area (TPSA) is 107 Å². The number of methoxy groups -OCH3 is 4. The second-order valence-corrected chi connectivity index (χ2v) is 6.68. The second-order valence-electron chi connectivity index (χ2n) is 6.27. The molecule has 0 aliphatic heterocycles. The van der Waals surface area contributed by atoms with E-state index in [9.17, 15) is 9.59 Å². The number of hydrogen-bond acceptors (Lipinski definition) is 7. The summed E-state index contributed by atoms with van der Waals surface area (Å²) in [4.78, 5) is 24.7. The zero-order valence-corrected chi connectivity index (χ0v) is 18.6. The van der Waals surface area contributed by atoms with Crippen LogP contribution >= 0.6 is 11.6 Å². The highest BCUT2D eigenvalue weighted by Gasteiger charge is 2.14. The molecule has 0 aromatic heterocycles. The van der Waals surface area contributed by atoms with Crippen LogP contribution in [-0.2, 0) is 4.79 Å². The summed E-state index contributed by atoms with van der Waals surface area (Å²) in [6, 6.07) is 7.83. The number of nitrogens with zero attached hydrogens (tertiary/aromatic N) is 1. The van der Waals surface area contributed by atoms with Gasteiger partial charge in [0.1, 0.15) is 11.5 Å². The Morgan fingerprint density at radius 2 is 1.55 bits per heavy atom. The average molecular weight is 450 g/mol. The summed E-state index contributed by atoms with van der Waals surface area (Å²) in [5.41, 5.74) is 3.54. The van der Waals surface area contributed by atoms with E-state index in [1.807, 2.05) is 0 Å². The van der Waals surface area contributed by atoms with Gasteiger partial charge in [-0.3, -0.25) is 9.59 Å².